The van der Waals surface area contributed by atoms with Crippen LogP contribution >= 0.6 is 0 Å². The van der Waals surface area contributed by atoms with E-state index < -0.39 is 0 Å². The SMILES string of the molecule is CN1C=CC=C(C(=O)NC=O)C1. The van der Waals surface area contributed by atoms with Gasteiger partial charge in [-0.05, 0) is 12.3 Å². The van der Waals surface area contributed by atoms with Gasteiger partial charge >= 0.3 is 0 Å². The van der Waals surface area contributed by atoms with E-state index >= 15 is 0 Å². The Morgan fingerprint density at radius 2 is 2.50 bits per heavy atom. The van der Waals surface area contributed by atoms with Gasteiger partial charge in [-0.25, -0.2) is 0 Å². The molecule has 0 atom stereocenters. The first kappa shape index (κ1) is 8.52. The summed E-state index contributed by atoms with van der Waals surface area (Å²) in [6.45, 7) is 0.538. The van der Waals surface area contributed by atoms with Crippen molar-refractivity contribution < 1.29 is 9.59 Å². The molecule has 0 spiro atoms. The molecule has 0 aromatic heterocycles. The molecule has 1 N–H and O–H groups in total. The third-order valence-electron chi connectivity index (χ3n) is 1.54. The number of carbonyl (C=O) groups is 2. The summed E-state index contributed by atoms with van der Waals surface area (Å²) in [5.41, 5.74) is 0.590. The van der Waals surface area contributed by atoms with Gasteiger partial charge < -0.3 is 4.90 Å². The number of nitrogens with one attached hydrogen (secondary N) is 1. The van der Waals surface area contributed by atoms with E-state index in [4.69, 9.17) is 0 Å². The molecule has 4 nitrogen and oxygen atoms in total. The van der Waals surface area contributed by atoms with E-state index in [9.17, 15) is 9.59 Å². The zero-order valence-electron chi connectivity index (χ0n) is 6.78. The molecule has 0 aromatic rings. The Kier molecular flexibility index (Phi) is 2.63. The molecule has 64 valence electrons. The largest absolute Gasteiger partial charge is 0.376 e. The van der Waals surface area contributed by atoms with E-state index in [0.29, 0.717) is 18.5 Å². The van der Waals surface area contributed by atoms with E-state index in [0.717, 1.165) is 0 Å². The predicted molar refractivity (Wildman–Crippen MR) is 44.1 cm³/mol. The highest BCUT2D eigenvalue weighted by molar-refractivity contribution is 5.99. The summed E-state index contributed by atoms with van der Waals surface area (Å²) in [7, 11) is 1.86. The fourth-order valence-corrected chi connectivity index (χ4v) is 0.974. The lowest BCUT2D eigenvalue weighted by Crippen LogP contribution is -2.29. The first-order valence-electron chi connectivity index (χ1n) is 3.56. The van der Waals surface area contributed by atoms with E-state index in [1.807, 2.05) is 18.1 Å². The van der Waals surface area contributed by atoms with Crippen LogP contribution in [0.15, 0.2) is 23.9 Å². The molecule has 1 aliphatic heterocycles. The van der Waals surface area contributed by atoms with Crippen LogP contribution in [-0.4, -0.2) is 30.8 Å². The van der Waals surface area contributed by atoms with Crippen molar-refractivity contribution in [3.8, 4) is 0 Å². The van der Waals surface area contributed by atoms with Crippen molar-refractivity contribution in [1.29, 1.82) is 0 Å². The van der Waals surface area contributed by atoms with Gasteiger partial charge in [0.05, 0.1) is 0 Å². The highest BCUT2D eigenvalue weighted by Crippen LogP contribution is 2.04. The highest BCUT2D eigenvalue weighted by Gasteiger charge is 2.10. The summed E-state index contributed by atoms with van der Waals surface area (Å²) in [5, 5.41) is 2.09. The van der Waals surface area contributed by atoms with Gasteiger partial charge in [-0.15, -0.1) is 0 Å². The van der Waals surface area contributed by atoms with E-state index in [1.54, 1.807) is 12.2 Å². The van der Waals surface area contributed by atoms with Crippen LogP contribution < -0.4 is 5.32 Å². The maximum atomic E-state index is 11.1. The highest BCUT2D eigenvalue weighted by atomic mass is 16.2. The van der Waals surface area contributed by atoms with Crippen LogP contribution in [0.3, 0.4) is 0 Å². The molecule has 0 saturated carbocycles. The first-order chi connectivity index (χ1) is 5.74. The number of allylic oxidation sites excluding steroid dienone is 2. The van der Waals surface area contributed by atoms with Crippen molar-refractivity contribution >= 4 is 12.3 Å². The van der Waals surface area contributed by atoms with Gasteiger partial charge in [0.25, 0.3) is 5.91 Å². The smallest absolute Gasteiger partial charge is 0.255 e. The van der Waals surface area contributed by atoms with E-state index in [1.165, 1.54) is 0 Å². The van der Waals surface area contributed by atoms with Crippen molar-refractivity contribution in [1.82, 2.24) is 10.2 Å². The van der Waals surface area contributed by atoms with Crippen LogP contribution in [0.5, 0.6) is 0 Å². The van der Waals surface area contributed by atoms with E-state index in [-0.39, 0.29) is 5.91 Å². The van der Waals surface area contributed by atoms with Gasteiger partial charge in [-0.3, -0.25) is 14.9 Å². The number of likely N-dealkylation sites (N-methyl/N-ethyl adjacent to an activating group) is 1. The van der Waals surface area contributed by atoms with Gasteiger partial charge in [-0.2, -0.15) is 0 Å². The fraction of sp³-hybridized carbons (Fsp3) is 0.250. The van der Waals surface area contributed by atoms with Gasteiger partial charge in [0.15, 0.2) is 0 Å². The van der Waals surface area contributed by atoms with Crippen molar-refractivity contribution in [2.45, 2.75) is 0 Å². The topological polar surface area (TPSA) is 49.4 Å². The molecule has 1 aliphatic rings. The first-order valence-corrected chi connectivity index (χ1v) is 3.56. The average Bonchev–Trinajstić information content (AvgIpc) is 2.05. The molecule has 0 aromatic carbocycles. The number of rotatable bonds is 2. The minimum absolute atomic E-state index is 0.332. The number of hydrogen-bond donors (Lipinski definition) is 1. The molecule has 0 radical (unpaired) electrons. The standard InChI is InChI=1S/C8H10N2O2/c1-10-4-2-3-7(5-10)8(12)9-6-11/h2-4,6H,5H2,1H3,(H,9,11,12). The number of amides is 2. The van der Waals surface area contributed by atoms with Crippen LogP contribution in [0.4, 0.5) is 0 Å². The van der Waals surface area contributed by atoms with Gasteiger partial charge in [0.2, 0.25) is 6.41 Å². The van der Waals surface area contributed by atoms with Crippen LogP contribution in [0.2, 0.25) is 0 Å². The zero-order valence-corrected chi connectivity index (χ0v) is 6.78. The second kappa shape index (κ2) is 3.71. The number of carbonyl (C=O) groups excluding carboxylic acids is 2. The third-order valence-corrected chi connectivity index (χ3v) is 1.54. The molecule has 12 heavy (non-hydrogen) atoms. The fourth-order valence-electron chi connectivity index (χ4n) is 0.974. The summed E-state index contributed by atoms with van der Waals surface area (Å²) >= 11 is 0. The number of imide groups is 1. The molecule has 2 amide bonds. The molecule has 0 unspecified atom stereocenters. The number of hydrogen-bond acceptors (Lipinski definition) is 3. The summed E-state index contributed by atoms with van der Waals surface area (Å²) in [5.74, 6) is -0.332. The van der Waals surface area contributed by atoms with Crippen LogP contribution in [0, 0.1) is 0 Å². The maximum Gasteiger partial charge on any atom is 0.255 e. The molecule has 0 saturated heterocycles. The van der Waals surface area contributed by atoms with Gasteiger partial charge in [0, 0.05) is 19.2 Å². The van der Waals surface area contributed by atoms with Crippen molar-refractivity contribution in [2.24, 2.45) is 0 Å². The monoisotopic (exact) mass is 166 g/mol. The Labute approximate surface area is 70.5 Å². The van der Waals surface area contributed by atoms with Crippen LogP contribution in [0.1, 0.15) is 0 Å². The molecular formula is C8H10N2O2. The Bertz CT molecular complexity index is 256. The quantitative estimate of drug-likeness (QED) is 0.570. The molecule has 1 rings (SSSR count). The van der Waals surface area contributed by atoms with Crippen molar-refractivity contribution in [3.63, 3.8) is 0 Å². The van der Waals surface area contributed by atoms with Crippen molar-refractivity contribution in [2.75, 3.05) is 13.6 Å². The number of nitrogens with zero attached hydrogens (tertiary/aromatic N) is 1. The maximum absolute atomic E-state index is 11.1. The third kappa shape index (κ3) is 1.95. The Morgan fingerprint density at radius 3 is 3.08 bits per heavy atom. The average molecular weight is 166 g/mol. The molecule has 4 heteroatoms. The Morgan fingerprint density at radius 1 is 1.75 bits per heavy atom. The predicted octanol–water partition coefficient (Wildman–Crippen LogP) is -0.356. The molecule has 1 heterocycles. The Balaban J connectivity index is 2.63. The van der Waals surface area contributed by atoms with Gasteiger partial charge in [0.1, 0.15) is 0 Å². The lowest BCUT2D eigenvalue weighted by molar-refractivity contribution is -0.122. The minimum Gasteiger partial charge on any atom is -0.376 e. The van der Waals surface area contributed by atoms with Crippen LogP contribution in [0.25, 0.3) is 0 Å². The minimum atomic E-state index is -0.332. The lowest BCUT2D eigenvalue weighted by Gasteiger charge is -2.18. The second-order valence-electron chi connectivity index (χ2n) is 2.54. The summed E-state index contributed by atoms with van der Waals surface area (Å²) < 4.78 is 0. The molecule has 0 fully saturated rings. The van der Waals surface area contributed by atoms with E-state index in [2.05, 4.69) is 5.32 Å². The molecule has 0 aliphatic carbocycles. The van der Waals surface area contributed by atoms with Gasteiger partial charge in [-0.1, -0.05) is 6.08 Å². The zero-order chi connectivity index (χ0) is 8.97. The molecular weight excluding hydrogens is 156 g/mol. The second-order valence-corrected chi connectivity index (χ2v) is 2.54. The summed E-state index contributed by atoms with van der Waals surface area (Å²) in [4.78, 5) is 22.9. The summed E-state index contributed by atoms with van der Waals surface area (Å²) in [6, 6.07) is 0. The Hall–Kier alpha value is -1.58. The lowest BCUT2D eigenvalue weighted by atomic mass is 10.2. The molecule has 0 bridgehead atoms. The normalized spacial score (nSPS) is 15.4. The summed E-state index contributed by atoms with van der Waals surface area (Å²) in [6.07, 6.45) is 5.71. The van der Waals surface area contributed by atoms with Crippen LogP contribution in [-0.2, 0) is 9.59 Å². The van der Waals surface area contributed by atoms with Crippen molar-refractivity contribution in [3.05, 3.63) is 23.9 Å².